The van der Waals surface area contributed by atoms with Gasteiger partial charge in [-0.15, -0.1) is 0 Å². The van der Waals surface area contributed by atoms with Gasteiger partial charge in [-0.1, -0.05) is 121 Å². The predicted octanol–water partition coefficient (Wildman–Crippen LogP) is 4.37. The fourth-order valence-electron chi connectivity index (χ4n) is 4.63. The third kappa shape index (κ3) is 4.07. The second-order valence-electron chi connectivity index (χ2n) is 8.59. The van der Waals surface area contributed by atoms with E-state index in [1.54, 1.807) is 6.92 Å². The zero-order chi connectivity index (χ0) is 25.2. The quantitative estimate of drug-likeness (QED) is 0.320. The molecule has 0 unspecified atom stereocenters. The number of hydrogen-bond donors (Lipinski definition) is 0. The van der Waals surface area contributed by atoms with Crippen molar-refractivity contribution in [2.24, 2.45) is 0 Å². The summed E-state index contributed by atoms with van der Waals surface area (Å²) in [6.07, 6.45) is 0. The summed E-state index contributed by atoms with van der Waals surface area (Å²) in [5.41, 5.74) is 0.904. The summed E-state index contributed by atoms with van der Waals surface area (Å²) in [5, 5.41) is 3.04. The van der Waals surface area contributed by atoms with E-state index in [0.29, 0.717) is 43.5 Å². The van der Waals surface area contributed by atoms with E-state index in [-0.39, 0.29) is 0 Å². The van der Waals surface area contributed by atoms with E-state index in [4.69, 9.17) is 4.98 Å². The van der Waals surface area contributed by atoms with Crippen LogP contribution in [0.1, 0.15) is 11.5 Å². The molecule has 1 heterocycles. The molecule has 0 aliphatic heterocycles. The van der Waals surface area contributed by atoms with Crippen LogP contribution in [0.4, 0.5) is 0 Å². The maximum absolute atomic E-state index is 15.5. The van der Waals surface area contributed by atoms with Gasteiger partial charge < -0.3 is 9.13 Å². The Balaban J connectivity index is 1.95. The Labute approximate surface area is 211 Å². The summed E-state index contributed by atoms with van der Waals surface area (Å²) in [6.45, 7) is 3.63. The molecule has 36 heavy (non-hydrogen) atoms. The van der Waals surface area contributed by atoms with Crippen molar-refractivity contribution >= 4 is 46.2 Å². The topological polar surface area (TPSA) is 59.9 Å². The molecule has 0 atom stereocenters. The summed E-state index contributed by atoms with van der Waals surface area (Å²) in [6, 6.07) is 37.5. The molecule has 0 N–H and O–H groups in total. The predicted molar refractivity (Wildman–Crippen MR) is 150 cm³/mol. The third-order valence-electron chi connectivity index (χ3n) is 6.24. The minimum absolute atomic E-state index is 0.334. The molecule has 5 rings (SSSR count). The number of nitrogens with zero attached hydrogens (tertiary/aromatic N) is 2. The Morgan fingerprint density at radius 1 is 0.472 bits per heavy atom. The maximum atomic E-state index is 15.5. The SMILES string of the molecule is Cc1nc(C)c(P(=O)(c2ccccc2)c2ccccc2)c(P(=O)(c2ccccc2)c2ccccc2)n1. The molecule has 0 radical (unpaired) electrons. The molecule has 0 spiro atoms. The highest BCUT2D eigenvalue weighted by molar-refractivity contribution is 7.90. The van der Waals surface area contributed by atoms with Gasteiger partial charge in [0, 0.05) is 21.2 Å². The lowest BCUT2D eigenvalue weighted by Crippen LogP contribution is -2.43. The summed E-state index contributed by atoms with van der Waals surface area (Å²) in [7, 11) is -7.03. The first-order valence-corrected chi connectivity index (χ1v) is 15.2. The van der Waals surface area contributed by atoms with Gasteiger partial charge in [0.15, 0.2) is 14.3 Å². The molecule has 0 amide bonds. The van der Waals surface area contributed by atoms with E-state index < -0.39 is 14.3 Å². The van der Waals surface area contributed by atoms with Gasteiger partial charge in [0.1, 0.15) is 11.3 Å². The Bertz CT molecular complexity index is 1500. The molecule has 0 saturated carbocycles. The van der Waals surface area contributed by atoms with Crippen LogP contribution in [-0.2, 0) is 9.13 Å². The smallest absolute Gasteiger partial charge is 0.189 e. The van der Waals surface area contributed by atoms with Crippen molar-refractivity contribution in [3.05, 3.63) is 133 Å². The summed E-state index contributed by atoms with van der Waals surface area (Å²) in [5.74, 6) is 0.492. The minimum atomic E-state index is -3.53. The van der Waals surface area contributed by atoms with Crippen LogP contribution in [0.15, 0.2) is 121 Å². The largest absolute Gasteiger partial charge is 0.308 e. The molecule has 1 aromatic heterocycles. The van der Waals surface area contributed by atoms with Crippen molar-refractivity contribution in [3.63, 3.8) is 0 Å². The van der Waals surface area contributed by atoms with E-state index in [1.807, 2.05) is 128 Å². The van der Waals surface area contributed by atoms with Crippen LogP contribution in [0, 0.1) is 13.8 Å². The number of aryl methyl sites for hydroxylation is 2. The Morgan fingerprint density at radius 2 is 0.806 bits per heavy atom. The van der Waals surface area contributed by atoms with Gasteiger partial charge in [0.2, 0.25) is 0 Å². The number of benzene rings is 4. The first-order valence-electron chi connectivity index (χ1n) is 11.7. The van der Waals surface area contributed by atoms with Crippen molar-refractivity contribution in [3.8, 4) is 0 Å². The van der Waals surface area contributed by atoms with Gasteiger partial charge in [-0.2, -0.15) is 0 Å². The second kappa shape index (κ2) is 9.82. The van der Waals surface area contributed by atoms with E-state index in [9.17, 15) is 0 Å². The van der Waals surface area contributed by atoms with Gasteiger partial charge in [-0.25, -0.2) is 9.97 Å². The van der Waals surface area contributed by atoms with Crippen molar-refractivity contribution < 1.29 is 9.13 Å². The van der Waals surface area contributed by atoms with Gasteiger partial charge in [-0.05, 0) is 13.8 Å². The summed E-state index contributed by atoms with van der Waals surface area (Å²) < 4.78 is 30.9. The molecule has 178 valence electrons. The van der Waals surface area contributed by atoms with E-state index >= 15 is 9.13 Å². The zero-order valence-electron chi connectivity index (χ0n) is 20.2. The fraction of sp³-hybridized carbons (Fsp3) is 0.0667. The summed E-state index contributed by atoms with van der Waals surface area (Å²) >= 11 is 0. The lowest BCUT2D eigenvalue weighted by atomic mass is 10.4. The first-order chi connectivity index (χ1) is 17.5. The van der Waals surface area contributed by atoms with Crippen LogP contribution < -0.4 is 32.0 Å². The lowest BCUT2D eigenvalue weighted by Gasteiger charge is -2.28. The molecule has 5 aromatic rings. The number of aromatic nitrogens is 2. The molecule has 0 fully saturated rings. The molecule has 0 aliphatic rings. The highest BCUT2D eigenvalue weighted by Crippen LogP contribution is 2.48. The third-order valence-corrected chi connectivity index (χ3v) is 12.6. The Morgan fingerprint density at radius 3 is 1.17 bits per heavy atom. The Hall–Kier alpha value is -3.58. The van der Waals surface area contributed by atoms with Crippen LogP contribution in [-0.4, -0.2) is 9.97 Å². The molecule has 0 saturated heterocycles. The monoisotopic (exact) mass is 508 g/mol. The van der Waals surface area contributed by atoms with Crippen molar-refractivity contribution in [2.45, 2.75) is 13.8 Å². The van der Waals surface area contributed by atoms with Gasteiger partial charge in [-0.3, -0.25) is 0 Å². The van der Waals surface area contributed by atoms with E-state index in [2.05, 4.69) is 4.98 Å². The molecule has 4 aromatic carbocycles. The average molecular weight is 508 g/mol. The Kier molecular flexibility index (Phi) is 6.58. The molecule has 6 heteroatoms. The number of hydrogen-bond acceptors (Lipinski definition) is 4. The first kappa shape index (κ1) is 24.1. The molecule has 0 bridgehead atoms. The van der Waals surface area contributed by atoms with Gasteiger partial charge >= 0.3 is 0 Å². The molecular formula is C30H26N2O2P2. The highest BCUT2D eigenvalue weighted by Gasteiger charge is 2.42. The normalized spacial score (nSPS) is 11.8. The minimum Gasteiger partial charge on any atom is -0.308 e. The van der Waals surface area contributed by atoms with Crippen LogP contribution in [0.5, 0.6) is 0 Å². The van der Waals surface area contributed by atoms with E-state index in [0.717, 1.165) is 0 Å². The van der Waals surface area contributed by atoms with Crippen LogP contribution in [0.25, 0.3) is 0 Å². The van der Waals surface area contributed by atoms with Crippen LogP contribution in [0.3, 0.4) is 0 Å². The molecule has 0 aliphatic carbocycles. The van der Waals surface area contributed by atoms with Crippen molar-refractivity contribution in [1.29, 1.82) is 0 Å². The van der Waals surface area contributed by atoms with Crippen LogP contribution in [0.2, 0.25) is 0 Å². The van der Waals surface area contributed by atoms with Gasteiger partial charge in [0.25, 0.3) is 0 Å². The van der Waals surface area contributed by atoms with E-state index in [1.165, 1.54) is 0 Å². The average Bonchev–Trinajstić information content (AvgIpc) is 2.94. The van der Waals surface area contributed by atoms with Crippen LogP contribution >= 0.6 is 14.3 Å². The van der Waals surface area contributed by atoms with Crippen molar-refractivity contribution in [1.82, 2.24) is 9.97 Å². The standard InChI is InChI=1S/C30H26N2O2P2/c1-23-29(35(33,25-15-7-3-8-16-25)26-17-9-4-10-18-26)30(32-24(2)31-23)36(34,27-19-11-5-12-20-27)28-21-13-6-14-22-28/h3-22H,1-2H3. The van der Waals surface area contributed by atoms with Crippen molar-refractivity contribution in [2.75, 3.05) is 0 Å². The number of rotatable bonds is 6. The molecular weight excluding hydrogens is 482 g/mol. The highest BCUT2D eigenvalue weighted by atomic mass is 31.2. The zero-order valence-corrected chi connectivity index (χ0v) is 21.9. The lowest BCUT2D eigenvalue weighted by molar-refractivity contribution is 0.589. The second-order valence-corrected chi connectivity index (χ2v) is 14.0. The molecule has 4 nitrogen and oxygen atoms in total. The fourth-order valence-corrected chi connectivity index (χ4v) is 11.0. The summed E-state index contributed by atoms with van der Waals surface area (Å²) in [4.78, 5) is 9.48. The van der Waals surface area contributed by atoms with Gasteiger partial charge in [0.05, 0.1) is 11.0 Å². The maximum Gasteiger partial charge on any atom is 0.189 e.